The largest absolute Gasteiger partial charge is 0.464 e. The maximum absolute atomic E-state index is 5.54. The molecule has 0 amide bonds. The van der Waals surface area contributed by atoms with Gasteiger partial charge in [-0.25, -0.2) is 4.98 Å². The third-order valence-electron chi connectivity index (χ3n) is 3.40. The van der Waals surface area contributed by atoms with E-state index in [0.29, 0.717) is 0 Å². The van der Waals surface area contributed by atoms with Gasteiger partial charge in [-0.15, -0.1) is 0 Å². The van der Waals surface area contributed by atoms with Gasteiger partial charge < -0.3 is 4.42 Å². The van der Waals surface area contributed by atoms with Crippen molar-refractivity contribution in [3.05, 3.63) is 73.3 Å². The number of aromatic nitrogens is 2. The van der Waals surface area contributed by atoms with Crippen molar-refractivity contribution >= 4 is 11.0 Å². The molecule has 0 spiro atoms. The quantitative estimate of drug-likeness (QED) is 0.538. The summed E-state index contributed by atoms with van der Waals surface area (Å²) in [6.07, 6.45) is 3.55. The molecule has 0 fully saturated rings. The lowest BCUT2D eigenvalue weighted by Gasteiger charge is -2.09. The lowest BCUT2D eigenvalue weighted by molar-refractivity contribution is 0.582. The predicted octanol–water partition coefficient (Wildman–Crippen LogP) is 4.29. The molecule has 0 saturated carbocycles. The highest BCUT2D eigenvalue weighted by atomic mass is 16.3. The first-order chi connectivity index (χ1) is 9.93. The molecular weight excluding hydrogens is 248 g/mol. The van der Waals surface area contributed by atoms with E-state index in [4.69, 9.17) is 4.42 Å². The molecule has 0 atom stereocenters. The molecule has 3 nitrogen and oxygen atoms in total. The average molecular weight is 260 g/mol. The van der Waals surface area contributed by atoms with Gasteiger partial charge in [-0.2, -0.15) is 0 Å². The number of benzene rings is 2. The lowest BCUT2D eigenvalue weighted by Crippen LogP contribution is -1.94. The van der Waals surface area contributed by atoms with Crippen LogP contribution in [0.15, 0.2) is 77.7 Å². The van der Waals surface area contributed by atoms with Crippen LogP contribution < -0.4 is 0 Å². The molecule has 3 heteroatoms. The van der Waals surface area contributed by atoms with Gasteiger partial charge in [0.05, 0.1) is 23.0 Å². The van der Waals surface area contributed by atoms with E-state index in [9.17, 15) is 0 Å². The highest BCUT2D eigenvalue weighted by Gasteiger charge is 2.11. The number of hydrogen-bond acceptors (Lipinski definition) is 2. The third-order valence-corrected chi connectivity index (χ3v) is 3.40. The smallest absolute Gasteiger partial charge is 0.135 e. The minimum atomic E-state index is 0.860. The van der Waals surface area contributed by atoms with Crippen LogP contribution in [0.5, 0.6) is 0 Å². The number of furan rings is 1. The molecule has 20 heavy (non-hydrogen) atoms. The lowest BCUT2D eigenvalue weighted by atomic mass is 10.1. The molecule has 0 aliphatic heterocycles. The van der Waals surface area contributed by atoms with Gasteiger partial charge in [0.1, 0.15) is 12.1 Å². The monoisotopic (exact) mass is 260 g/mol. The summed E-state index contributed by atoms with van der Waals surface area (Å²) < 4.78 is 7.63. The van der Waals surface area contributed by atoms with E-state index in [1.54, 1.807) is 6.26 Å². The molecule has 0 aliphatic rings. The van der Waals surface area contributed by atoms with E-state index in [-0.39, 0.29) is 0 Å². The maximum Gasteiger partial charge on any atom is 0.135 e. The molecule has 0 N–H and O–H groups in total. The topological polar surface area (TPSA) is 31.0 Å². The Balaban J connectivity index is 1.99. The fourth-order valence-electron chi connectivity index (χ4n) is 2.48. The molecule has 2 aromatic heterocycles. The first kappa shape index (κ1) is 11.1. The van der Waals surface area contributed by atoms with Crippen molar-refractivity contribution in [2.75, 3.05) is 0 Å². The highest BCUT2D eigenvalue weighted by molar-refractivity contribution is 5.80. The summed E-state index contributed by atoms with van der Waals surface area (Å²) in [4.78, 5) is 4.45. The van der Waals surface area contributed by atoms with Gasteiger partial charge >= 0.3 is 0 Å². The first-order valence-electron chi connectivity index (χ1n) is 6.49. The van der Waals surface area contributed by atoms with Crippen LogP contribution >= 0.6 is 0 Å². The van der Waals surface area contributed by atoms with Crippen molar-refractivity contribution in [3.8, 4) is 17.0 Å². The van der Waals surface area contributed by atoms with Crippen LogP contribution in [0, 0.1) is 0 Å². The molecule has 4 aromatic rings. The van der Waals surface area contributed by atoms with Crippen molar-refractivity contribution in [2.45, 2.75) is 0 Å². The molecule has 0 bridgehead atoms. The van der Waals surface area contributed by atoms with Crippen LogP contribution in [0.1, 0.15) is 0 Å². The van der Waals surface area contributed by atoms with Gasteiger partial charge in [0.25, 0.3) is 0 Å². The number of fused-ring (bicyclic) bond motifs is 1. The standard InChI is InChI=1S/C17H12N2O/c1-3-8-15(13(6-1)17-10-5-11-20-17)19-12-18-14-7-2-4-9-16(14)19/h1-12H. The van der Waals surface area contributed by atoms with E-state index in [2.05, 4.69) is 27.8 Å². The number of para-hydroxylation sites is 3. The second-order valence-corrected chi connectivity index (χ2v) is 4.60. The Morgan fingerprint density at radius 1 is 0.850 bits per heavy atom. The third kappa shape index (κ3) is 1.64. The highest BCUT2D eigenvalue weighted by Crippen LogP contribution is 2.29. The number of rotatable bonds is 2. The molecule has 4 rings (SSSR count). The second-order valence-electron chi connectivity index (χ2n) is 4.60. The van der Waals surface area contributed by atoms with E-state index in [1.807, 2.05) is 48.8 Å². The van der Waals surface area contributed by atoms with Crippen LogP contribution in [-0.4, -0.2) is 9.55 Å². The Kier molecular flexibility index (Phi) is 2.42. The molecule has 2 aromatic carbocycles. The van der Waals surface area contributed by atoms with Crippen molar-refractivity contribution in [3.63, 3.8) is 0 Å². The zero-order chi connectivity index (χ0) is 13.4. The zero-order valence-corrected chi connectivity index (χ0v) is 10.7. The summed E-state index contributed by atoms with van der Waals surface area (Å²) in [7, 11) is 0. The van der Waals surface area contributed by atoms with Gasteiger partial charge in [-0.1, -0.05) is 24.3 Å². The van der Waals surface area contributed by atoms with Crippen LogP contribution in [-0.2, 0) is 0 Å². The summed E-state index contributed by atoms with van der Waals surface area (Å²) in [5, 5.41) is 0. The van der Waals surface area contributed by atoms with Crippen molar-refractivity contribution < 1.29 is 4.42 Å². The van der Waals surface area contributed by atoms with Gasteiger partial charge in [0.15, 0.2) is 0 Å². The van der Waals surface area contributed by atoms with Gasteiger partial charge in [0.2, 0.25) is 0 Å². The summed E-state index contributed by atoms with van der Waals surface area (Å²) in [5.74, 6) is 0.860. The minimum absolute atomic E-state index is 0.860. The maximum atomic E-state index is 5.54. The molecule has 2 heterocycles. The number of imidazole rings is 1. The van der Waals surface area contributed by atoms with E-state index < -0.39 is 0 Å². The summed E-state index contributed by atoms with van der Waals surface area (Å²) >= 11 is 0. The molecule has 96 valence electrons. The van der Waals surface area contributed by atoms with Gasteiger partial charge in [0, 0.05) is 5.56 Å². The predicted molar refractivity (Wildman–Crippen MR) is 78.8 cm³/mol. The minimum Gasteiger partial charge on any atom is -0.464 e. The van der Waals surface area contributed by atoms with Crippen LogP contribution in [0.2, 0.25) is 0 Å². The first-order valence-corrected chi connectivity index (χ1v) is 6.49. The summed E-state index contributed by atoms with van der Waals surface area (Å²) in [6.45, 7) is 0. The average Bonchev–Trinajstić information content (AvgIpc) is 3.17. The van der Waals surface area contributed by atoms with E-state index >= 15 is 0 Å². The van der Waals surface area contributed by atoms with Crippen LogP contribution in [0.25, 0.3) is 28.0 Å². The van der Waals surface area contributed by atoms with E-state index in [0.717, 1.165) is 28.0 Å². The summed E-state index contributed by atoms with van der Waals surface area (Å²) in [5.41, 5.74) is 4.20. The molecule has 0 saturated heterocycles. The Bertz CT molecular complexity index is 859. The SMILES string of the molecule is c1coc(-c2ccccc2-n2cnc3ccccc32)c1. The second kappa shape index (κ2) is 4.38. The van der Waals surface area contributed by atoms with E-state index in [1.165, 1.54) is 0 Å². The zero-order valence-electron chi connectivity index (χ0n) is 10.7. The van der Waals surface area contributed by atoms with Gasteiger partial charge in [-0.05, 0) is 36.4 Å². The van der Waals surface area contributed by atoms with Crippen molar-refractivity contribution in [2.24, 2.45) is 0 Å². The number of hydrogen-bond donors (Lipinski definition) is 0. The molecule has 0 aliphatic carbocycles. The fourth-order valence-corrected chi connectivity index (χ4v) is 2.48. The van der Waals surface area contributed by atoms with Gasteiger partial charge in [-0.3, -0.25) is 4.57 Å². The fraction of sp³-hybridized carbons (Fsp3) is 0. The Labute approximate surface area is 116 Å². The Morgan fingerprint density at radius 3 is 2.60 bits per heavy atom. The van der Waals surface area contributed by atoms with Crippen LogP contribution in [0.3, 0.4) is 0 Å². The molecule has 0 radical (unpaired) electrons. The Morgan fingerprint density at radius 2 is 1.70 bits per heavy atom. The van der Waals surface area contributed by atoms with Crippen molar-refractivity contribution in [1.29, 1.82) is 0 Å². The molecular formula is C17H12N2O. The van der Waals surface area contributed by atoms with Crippen molar-refractivity contribution in [1.82, 2.24) is 9.55 Å². The van der Waals surface area contributed by atoms with Crippen LogP contribution in [0.4, 0.5) is 0 Å². The summed E-state index contributed by atoms with van der Waals surface area (Å²) in [6, 6.07) is 20.2. The normalized spacial score (nSPS) is 11.0. The molecule has 0 unspecified atom stereocenters. The Hall–Kier alpha value is -2.81. The number of nitrogens with zero attached hydrogens (tertiary/aromatic N) is 2.